The number of carbonyl (C=O) groups excluding carboxylic acids is 1. The summed E-state index contributed by atoms with van der Waals surface area (Å²) in [5, 5.41) is 3.60. The second kappa shape index (κ2) is 8.73. The number of amides is 1. The first-order valence-corrected chi connectivity index (χ1v) is 11.7. The van der Waals surface area contributed by atoms with Crippen molar-refractivity contribution < 1.29 is 13.9 Å². The summed E-state index contributed by atoms with van der Waals surface area (Å²) in [6.07, 6.45) is 1.72. The van der Waals surface area contributed by atoms with E-state index in [1.54, 1.807) is 16.7 Å². The van der Waals surface area contributed by atoms with Gasteiger partial charge in [-0.3, -0.25) is 19.1 Å². The molecule has 1 N–H and O–H groups in total. The molecule has 0 bridgehead atoms. The maximum absolute atomic E-state index is 13.5. The zero-order chi connectivity index (χ0) is 22.2. The number of nitrogens with one attached hydrogen (secondary N) is 1. The van der Waals surface area contributed by atoms with E-state index in [9.17, 15) is 14.0 Å². The quantitative estimate of drug-likeness (QED) is 0.639. The Bertz CT molecular complexity index is 1210. The molecule has 0 spiro atoms. The Hall–Kier alpha value is -2.62. The Morgan fingerprint density at radius 2 is 2.00 bits per heavy atom. The number of benzene rings is 1. The largest absolute Gasteiger partial charge is 0.379 e. The lowest BCUT2D eigenvalue weighted by Gasteiger charge is -2.35. The lowest BCUT2D eigenvalue weighted by atomic mass is 10.0. The van der Waals surface area contributed by atoms with Crippen molar-refractivity contribution in [1.82, 2.24) is 19.8 Å². The van der Waals surface area contributed by atoms with Gasteiger partial charge in [-0.05, 0) is 36.6 Å². The van der Waals surface area contributed by atoms with Crippen molar-refractivity contribution in [2.45, 2.75) is 32.4 Å². The summed E-state index contributed by atoms with van der Waals surface area (Å²) < 4.78 is 20.7. The second-order valence-electron chi connectivity index (χ2n) is 8.25. The van der Waals surface area contributed by atoms with Crippen LogP contribution in [0.15, 0.2) is 29.1 Å². The van der Waals surface area contributed by atoms with E-state index in [4.69, 9.17) is 4.74 Å². The molecule has 32 heavy (non-hydrogen) atoms. The molecule has 0 radical (unpaired) electrons. The van der Waals surface area contributed by atoms with Crippen LogP contribution in [-0.4, -0.2) is 53.2 Å². The van der Waals surface area contributed by atoms with E-state index in [0.717, 1.165) is 37.3 Å². The van der Waals surface area contributed by atoms with Crippen molar-refractivity contribution >= 4 is 27.5 Å². The van der Waals surface area contributed by atoms with Crippen molar-refractivity contribution in [3.63, 3.8) is 0 Å². The van der Waals surface area contributed by atoms with Gasteiger partial charge in [-0.2, -0.15) is 0 Å². The second-order valence-corrected chi connectivity index (χ2v) is 9.25. The third kappa shape index (κ3) is 3.85. The van der Waals surface area contributed by atoms with Crippen LogP contribution >= 0.6 is 11.3 Å². The topological polar surface area (TPSA) is 76.5 Å². The van der Waals surface area contributed by atoms with Crippen LogP contribution in [0.1, 0.15) is 39.1 Å². The molecule has 7 nitrogen and oxygen atoms in total. The summed E-state index contributed by atoms with van der Waals surface area (Å²) in [5.41, 5.74) is 1.58. The average molecular weight is 457 g/mol. The molecule has 2 aromatic heterocycles. The summed E-state index contributed by atoms with van der Waals surface area (Å²) in [4.78, 5) is 34.1. The SMILES string of the molecule is Cc1c(C(=O)NC[C@@H](c2ccc(F)cc2)N2CCOCC2)sc2nc3n(c(=O)c12)CCC3. The number of carbonyl (C=O) groups is 1. The van der Waals surface area contributed by atoms with Crippen LogP contribution in [0, 0.1) is 12.7 Å². The van der Waals surface area contributed by atoms with Crippen molar-refractivity contribution in [2.75, 3.05) is 32.8 Å². The highest BCUT2D eigenvalue weighted by Crippen LogP contribution is 2.29. The maximum Gasteiger partial charge on any atom is 0.262 e. The Balaban J connectivity index is 1.40. The van der Waals surface area contributed by atoms with Crippen LogP contribution < -0.4 is 10.9 Å². The van der Waals surface area contributed by atoms with E-state index in [1.807, 2.05) is 6.92 Å². The van der Waals surface area contributed by atoms with Crippen molar-refractivity contribution in [3.05, 3.63) is 62.3 Å². The van der Waals surface area contributed by atoms with Crippen LogP contribution in [-0.2, 0) is 17.7 Å². The van der Waals surface area contributed by atoms with Gasteiger partial charge in [0.1, 0.15) is 16.5 Å². The number of nitrogens with zero attached hydrogens (tertiary/aromatic N) is 3. The molecule has 1 fully saturated rings. The Morgan fingerprint density at radius 1 is 1.25 bits per heavy atom. The van der Waals surface area contributed by atoms with Gasteiger partial charge in [0.2, 0.25) is 0 Å². The molecule has 0 unspecified atom stereocenters. The standard InChI is InChI=1S/C23H25FN4O3S/c1-14-19-22(26-18-3-2-8-28(18)23(19)30)32-20(14)21(29)25-13-17(27-9-11-31-12-10-27)15-4-6-16(24)7-5-15/h4-7,17H,2-3,8-13H2,1H3,(H,25,29)/t17-/m0/s1. The smallest absolute Gasteiger partial charge is 0.262 e. The number of hydrogen-bond donors (Lipinski definition) is 1. The maximum atomic E-state index is 13.5. The van der Waals surface area contributed by atoms with E-state index in [2.05, 4.69) is 15.2 Å². The number of halogens is 1. The van der Waals surface area contributed by atoms with Gasteiger partial charge in [0.05, 0.1) is 29.5 Å². The normalized spacial score (nSPS) is 17.4. The molecule has 4 heterocycles. The highest BCUT2D eigenvalue weighted by atomic mass is 32.1. The van der Waals surface area contributed by atoms with Gasteiger partial charge >= 0.3 is 0 Å². The Kier molecular flexibility index (Phi) is 5.79. The first kappa shape index (κ1) is 21.2. The average Bonchev–Trinajstić information content (AvgIpc) is 3.41. The molecule has 168 valence electrons. The van der Waals surface area contributed by atoms with Gasteiger partial charge in [-0.25, -0.2) is 9.37 Å². The molecule has 5 rings (SSSR count). The zero-order valence-corrected chi connectivity index (χ0v) is 18.7. The van der Waals surface area contributed by atoms with Gasteiger partial charge in [0.15, 0.2) is 0 Å². The molecule has 0 saturated carbocycles. The molecule has 2 aliphatic rings. The van der Waals surface area contributed by atoms with Gasteiger partial charge in [-0.1, -0.05) is 12.1 Å². The fourth-order valence-corrected chi connectivity index (χ4v) is 5.70. The molecule has 1 amide bonds. The number of thiophene rings is 1. The van der Waals surface area contributed by atoms with E-state index in [-0.39, 0.29) is 23.3 Å². The highest BCUT2D eigenvalue weighted by Gasteiger charge is 2.26. The van der Waals surface area contributed by atoms with E-state index < -0.39 is 0 Å². The van der Waals surface area contributed by atoms with Gasteiger partial charge in [0.25, 0.3) is 11.5 Å². The number of hydrogen-bond acceptors (Lipinski definition) is 6. The zero-order valence-electron chi connectivity index (χ0n) is 17.9. The number of aryl methyl sites for hydroxylation is 2. The minimum Gasteiger partial charge on any atom is -0.379 e. The van der Waals surface area contributed by atoms with Crippen LogP contribution in [0.2, 0.25) is 0 Å². The van der Waals surface area contributed by atoms with Crippen molar-refractivity contribution in [3.8, 4) is 0 Å². The van der Waals surface area contributed by atoms with Crippen molar-refractivity contribution in [1.29, 1.82) is 0 Å². The summed E-state index contributed by atoms with van der Waals surface area (Å²) in [6.45, 7) is 5.62. The minimum absolute atomic E-state index is 0.0483. The number of aromatic nitrogens is 2. The summed E-state index contributed by atoms with van der Waals surface area (Å²) in [7, 11) is 0. The van der Waals surface area contributed by atoms with Crippen LogP contribution in [0.4, 0.5) is 4.39 Å². The molecule has 2 aliphatic heterocycles. The summed E-state index contributed by atoms with van der Waals surface area (Å²) in [5.74, 6) is 0.305. The lowest BCUT2D eigenvalue weighted by Crippen LogP contribution is -2.43. The molecule has 0 aliphatic carbocycles. The van der Waals surface area contributed by atoms with Crippen molar-refractivity contribution in [2.24, 2.45) is 0 Å². The molecular weight excluding hydrogens is 431 g/mol. The highest BCUT2D eigenvalue weighted by molar-refractivity contribution is 7.20. The molecule has 9 heteroatoms. The van der Waals surface area contributed by atoms with Crippen LogP contribution in [0.25, 0.3) is 10.2 Å². The van der Waals surface area contributed by atoms with E-state index >= 15 is 0 Å². The first-order valence-electron chi connectivity index (χ1n) is 10.9. The third-order valence-corrected chi connectivity index (χ3v) is 7.50. The number of ether oxygens (including phenoxy) is 1. The number of rotatable bonds is 5. The van der Waals surface area contributed by atoms with Gasteiger partial charge in [-0.15, -0.1) is 11.3 Å². The Morgan fingerprint density at radius 3 is 2.75 bits per heavy atom. The van der Waals surface area contributed by atoms with E-state index in [1.165, 1.54) is 23.5 Å². The van der Waals surface area contributed by atoms with Gasteiger partial charge in [0, 0.05) is 32.6 Å². The number of morpholine rings is 1. The molecule has 3 aromatic rings. The number of fused-ring (bicyclic) bond motifs is 2. The summed E-state index contributed by atoms with van der Waals surface area (Å²) >= 11 is 1.28. The van der Waals surface area contributed by atoms with Crippen LogP contribution in [0.5, 0.6) is 0 Å². The first-order chi connectivity index (χ1) is 15.5. The van der Waals surface area contributed by atoms with E-state index in [0.29, 0.717) is 47.0 Å². The molecule has 1 saturated heterocycles. The fraction of sp³-hybridized carbons (Fsp3) is 0.435. The molecule has 1 aromatic carbocycles. The molecule has 1 atom stereocenters. The lowest BCUT2D eigenvalue weighted by molar-refractivity contribution is 0.0162. The fourth-order valence-electron chi connectivity index (χ4n) is 4.59. The predicted molar refractivity (Wildman–Crippen MR) is 121 cm³/mol. The molecular formula is C23H25FN4O3S. The van der Waals surface area contributed by atoms with Crippen LogP contribution in [0.3, 0.4) is 0 Å². The third-order valence-electron chi connectivity index (χ3n) is 6.31. The summed E-state index contributed by atoms with van der Waals surface area (Å²) in [6, 6.07) is 6.32. The predicted octanol–water partition coefficient (Wildman–Crippen LogP) is 2.66. The van der Waals surface area contributed by atoms with Gasteiger partial charge < -0.3 is 10.1 Å². The Labute approximate surface area is 188 Å². The minimum atomic E-state index is -0.287. The monoisotopic (exact) mass is 456 g/mol.